The van der Waals surface area contributed by atoms with Crippen LogP contribution in [0.4, 0.5) is 5.69 Å². The molecule has 1 heterocycles. The first-order valence-corrected chi connectivity index (χ1v) is 9.08. The maximum Gasteiger partial charge on any atom is 0.238 e. The number of rotatable bonds is 5. The number of hydrogen-bond acceptors (Lipinski definition) is 3. The molecule has 3 rings (SSSR count). The minimum absolute atomic E-state index is 0.120. The number of ether oxygens (including phenoxy) is 1. The van der Waals surface area contributed by atoms with Gasteiger partial charge in [-0.25, -0.2) is 0 Å². The second-order valence-electron chi connectivity index (χ2n) is 7.03. The topological polar surface area (TPSA) is 46.6 Å². The first kappa shape index (κ1) is 18.2. The highest BCUT2D eigenvalue weighted by molar-refractivity contribution is 6.22. The third-order valence-corrected chi connectivity index (χ3v) is 4.89. The van der Waals surface area contributed by atoms with Crippen LogP contribution in [0.3, 0.4) is 0 Å². The van der Waals surface area contributed by atoms with E-state index < -0.39 is 0 Å². The molecule has 4 heteroatoms. The Morgan fingerprint density at radius 2 is 1.58 bits per heavy atom. The smallest absolute Gasteiger partial charge is 0.238 e. The van der Waals surface area contributed by atoms with E-state index in [-0.39, 0.29) is 23.7 Å². The van der Waals surface area contributed by atoms with Gasteiger partial charge in [-0.3, -0.25) is 14.5 Å². The van der Waals surface area contributed by atoms with Crippen LogP contribution in [0.15, 0.2) is 42.5 Å². The molecule has 2 aromatic rings. The highest BCUT2D eigenvalue weighted by atomic mass is 16.5. The Kier molecular flexibility index (Phi) is 5.12. The van der Waals surface area contributed by atoms with Crippen molar-refractivity contribution < 1.29 is 14.3 Å². The lowest BCUT2D eigenvalue weighted by Gasteiger charge is -2.16. The SMILES string of the molecule is CCOc1ccc(N2C(=O)C(C)C(Cc3cc(C)cc(C)c3)C2=O)cc1. The summed E-state index contributed by atoms with van der Waals surface area (Å²) in [4.78, 5) is 27.0. The highest BCUT2D eigenvalue weighted by Gasteiger charge is 2.45. The molecular weight excluding hydrogens is 326 g/mol. The van der Waals surface area contributed by atoms with Gasteiger partial charge in [0.1, 0.15) is 5.75 Å². The minimum atomic E-state index is -0.324. The predicted molar refractivity (Wildman–Crippen MR) is 102 cm³/mol. The van der Waals surface area contributed by atoms with Crippen LogP contribution in [0.5, 0.6) is 5.75 Å². The van der Waals surface area contributed by atoms with Crippen molar-refractivity contribution in [3.05, 3.63) is 59.2 Å². The quantitative estimate of drug-likeness (QED) is 0.763. The van der Waals surface area contributed by atoms with Crippen molar-refractivity contribution in [1.29, 1.82) is 0 Å². The largest absolute Gasteiger partial charge is 0.494 e. The molecule has 0 aromatic heterocycles. The number of carbonyl (C=O) groups is 2. The molecule has 1 fully saturated rings. The molecule has 26 heavy (non-hydrogen) atoms. The number of benzene rings is 2. The van der Waals surface area contributed by atoms with Crippen LogP contribution >= 0.6 is 0 Å². The number of imide groups is 1. The maximum atomic E-state index is 13.0. The molecule has 0 saturated carbocycles. The van der Waals surface area contributed by atoms with E-state index >= 15 is 0 Å². The molecule has 0 radical (unpaired) electrons. The first-order chi connectivity index (χ1) is 12.4. The molecule has 0 bridgehead atoms. The van der Waals surface area contributed by atoms with E-state index in [1.807, 2.05) is 27.7 Å². The lowest BCUT2D eigenvalue weighted by molar-refractivity contribution is -0.122. The van der Waals surface area contributed by atoms with E-state index in [0.717, 1.165) is 11.3 Å². The van der Waals surface area contributed by atoms with Gasteiger partial charge in [0.25, 0.3) is 0 Å². The van der Waals surface area contributed by atoms with E-state index in [1.165, 1.54) is 16.0 Å². The molecular formula is C22H25NO3. The standard InChI is InChI=1S/C22H25NO3/c1-5-26-19-8-6-18(7-9-19)23-21(24)16(4)20(22(23)25)13-17-11-14(2)10-15(3)12-17/h6-12,16,20H,5,13H2,1-4H3. The number of nitrogens with zero attached hydrogens (tertiary/aromatic N) is 1. The zero-order valence-electron chi connectivity index (χ0n) is 15.8. The lowest BCUT2D eigenvalue weighted by Crippen LogP contribution is -2.31. The van der Waals surface area contributed by atoms with Gasteiger partial charge in [-0.1, -0.05) is 36.2 Å². The second-order valence-corrected chi connectivity index (χ2v) is 7.03. The fraction of sp³-hybridized carbons (Fsp3) is 0.364. The first-order valence-electron chi connectivity index (χ1n) is 9.08. The Morgan fingerprint density at radius 1 is 0.962 bits per heavy atom. The van der Waals surface area contributed by atoms with Crippen molar-refractivity contribution in [1.82, 2.24) is 0 Å². The Hall–Kier alpha value is -2.62. The van der Waals surface area contributed by atoms with Crippen LogP contribution in [0.1, 0.15) is 30.5 Å². The summed E-state index contributed by atoms with van der Waals surface area (Å²) < 4.78 is 5.43. The van der Waals surface area contributed by atoms with Gasteiger partial charge in [-0.15, -0.1) is 0 Å². The van der Waals surface area contributed by atoms with Gasteiger partial charge < -0.3 is 4.74 Å². The summed E-state index contributed by atoms with van der Waals surface area (Å²) >= 11 is 0. The summed E-state index contributed by atoms with van der Waals surface area (Å²) in [6.45, 7) is 8.44. The van der Waals surface area contributed by atoms with Crippen LogP contribution in [0.2, 0.25) is 0 Å². The number of anilines is 1. The van der Waals surface area contributed by atoms with Gasteiger partial charge in [0.2, 0.25) is 11.8 Å². The third kappa shape index (κ3) is 3.50. The number of amides is 2. The molecule has 0 N–H and O–H groups in total. The Balaban J connectivity index is 1.84. The van der Waals surface area contributed by atoms with Gasteiger partial charge in [0.15, 0.2) is 0 Å². The zero-order chi connectivity index (χ0) is 18.8. The molecule has 2 amide bonds. The van der Waals surface area contributed by atoms with Gasteiger partial charge in [0.05, 0.1) is 18.2 Å². The summed E-state index contributed by atoms with van der Waals surface area (Å²) in [5.74, 6) is -0.167. The Morgan fingerprint density at radius 3 is 2.15 bits per heavy atom. The monoisotopic (exact) mass is 351 g/mol. The van der Waals surface area contributed by atoms with E-state index in [9.17, 15) is 9.59 Å². The molecule has 136 valence electrons. The summed E-state index contributed by atoms with van der Waals surface area (Å²) in [7, 11) is 0. The zero-order valence-corrected chi connectivity index (χ0v) is 15.8. The van der Waals surface area contributed by atoms with Crippen molar-refractivity contribution in [2.24, 2.45) is 11.8 Å². The Bertz CT molecular complexity index is 806. The van der Waals surface area contributed by atoms with Crippen LogP contribution in [0.25, 0.3) is 0 Å². The van der Waals surface area contributed by atoms with Crippen LogP contribution in [0, 0.1) is 25.7 Å². The molecule has 0 spiro atoms. The molecule has 4 nitrogen and oxygen atoms in total. The van der Waals surface area contributed by atoms with Crippen molar-refractivity contribution >= 4 is 17.5 Å². The summed E-state index contributed by atoms with van der Waals surface area (Å²) in [6.07, 6.45) is 0.585. The van der Waals surface area contributed by atoms with Crippen molar-refractivity contribution in [2.45, 2.75) is 34.1 Å². The van der Waals surface area contributed by atoms with Crippen molar-refractivity contribution in [3.8, 4) is 5.75 Å². The lowest BCUT2D eigenvalue weighted by atomic mass is 9.89. The van der Waals surface area contributed by atoms with Crippen LogP contribution in [-0.4, -0.2) is 18.4 Å². The molecule has 2 atom stereocenters. The van der Waals surface area contributed by atoms with Crippen molar-refractivity contribution in [2.75, 3.05) is 11.5 Å². The fourth-order valence-electron chi connectivity index (χ4n) is 3.68. The van der Waals surface area contributed by atoms with Gasteiger partial charge in [0, 0.05) is 5.92 Å². The number of hydrogen-bond donors (Lipinski definition) is 0. The molecule has 0 aliphatic carbocycles. The molecule has 1 aliphatic heterocycles. The van der Waals surface area contributed by atoms with Gasteiger partial charge in [-0.05, 0) is 57.0 Å². The summed E-state index contributed by atoms with van der Waals surface area (Å²) in [5.41, 5.74) is 4.06. The second kappa shape index (κ2) is 7.32. The number of aryl methyl sites for hydroxylation is 2. The highest BCUT2D eigenvalue weighted by Crippen LogP contribution is 2.34. The third-order valence-electron chi connectivity index (χ3n) is 4.89. The fourth-order valence-corrected chi connectivity index (χ4v) is 3.68. The van der Waals surface area contributed by atoms with E-state index in [2.05, 4.69) is 18.2 Å². The molecule has 1 aliphatic rings. The van der Waals surface area contributed by atoms with Gasteiger partial charge >= 0.3 is 0 Å². The average Bonchev–Trinajstić information content (AvgIpc) is 2.79. The van der Waals surface area contributed by atoms with Crippen molar-refractivity contribution in [3.63, 3.8) is 0 Å². The Labute approximate surface area is 154 Å². The predicted octanol–water partition coefficient (Wildman–Crippen LogP) is 4.07. The maximum absolute atomic E-state index is 13.0. The normalized spacial score (nSPS) is 19.9. The van der Waals surface area contributed by atoms with Gasteiger partial charge in [-0.2, -0.15) is 0 Å². The minimum Gasteiger partial charge on any atom is -0.494 e. The summed E-state index contributed by atoms with van der Waals surface area (Å²) in [6, 6.07) is 13.4. The molecule has 2 unspecified atom stereocenters. The van der Waals surface area contributed by atoms with Crippen LogP contribution in [-0.2, 0) is 16.0 Å². The number of carbonyl (C=O) groups excluding carboxylic acids is 2. The van der Waals surface area contributed by atoms with E-state index in [0.29, 0.717) is 18.7 Å². The molecule has 1 saturated heterocycles. The summed E-state index contributed by atoms with van der Waals surface area (Å²) in [5, 5.41) is 0. The van der Waals surface area contributed by atoms with E-state index in [1.54, 1.807) is 24.3 Å². The average molecular weight is 351 g/mol. The molecule has 2 aromatic carbocycles. The van der Waals surface area contributed by atoms with E-state index in [4.69, 9.17) is 4.74 Å². The van der Waals surface area contributed by atoms with Crippen LogP contribution < -0.4 is 9.64 Å².